The van der Waals surface area contributed by atoms with E-state index >= 15 is 0 Å². The summed E-state index contributed by atoms with van der Waals surface area (Å²) in [7, 11) is 16.5. The number of pyridine rings is 1. The molecule has 7 aromatic rings. The smallest absolute Gasteiger partial charge is 0.242 e. The van der Waals surface area contributed by atoms with Crippen molar-refractivity contribution in [3.8, 4) is 11.1 Å². The van der Waals surface area contributed by atoms with Crippen LogP contribution in [-0.4, -0.2) is 81.3 Å². The molecule has 0 amide bonds. The van der Waals surface area contributed by atoms with Crippen LogP contribution in [0.5, 0.6) is 0 Å². The normalized spacial score (nSPS) is 13.2. The minimum atomic E-state index is -0.137. The van der Waals surface area contributed by atoms with Gasteiger partial charge < -0.3 is 24.9 Å². The van der Waals surface area contributed by atoms with Crippen LogP contribution in [0, 0.1) is 0 Å². The van der Waals surface area contributed by atoms with Crippen LogP contribution in [0.15, 0.2) is 94.7 Å². The molecule has 0 fully saturated rings. The van der Waals surface area contributed by atoms with Crippen LogP contribution in [0.3, 0.4) is 0 Å². The fourth-order valence-corrected chi connectivity index (χ4v) is 7.85. The van der Waals surface area contributed by atoms with E-state index in [0.717, 1.165) is 44.6 Å². The molecule has 0 spiro atoms. The van der Waals surface area contributed by atoms with Gasteiger partial charge in [-0.1, -0.05) is 12.1 Å². The van der Waals surface area contributed by atoms with Gasteiger partial charge in [-0.2, -0.15) is 9.98 Å². The first-order valence-electron chi connectivity index (χ1n) is 17.8. The predicted octanol–water partition coefficient (Wildman–Crippen LogP) is 6.78. The number of rotatable bonds is 6. The molecular formula is C42H42N10O. The van der Waals surface area contributed by atoms with Gasteiger partial charge in [-0.3, -0.25) is 9.36 Å². The van der Waals surface area contributed by atoms with Crippen molar-refractivity contribution < 1.29 is 0 Å². The number of aliphatic imine (C=N–C) groups is 1. The molecule has 0 bridgehead atoms. The lowest BCUT2D eigenvalue weighted by molar-refractivity contribution is 0.761. The van der Waals surface area contributed by atoms with Gasteiger partial charge in [0.1, 0.15) is 17.3 Å². The van der Waals surface area contributed by atoms with Crippen molar-refractivity contribution in [2.24, 2.45) is 4.99 Å². The van der Waals surface area contributed by atoms with Gasteiger partial charge in [-0.25, -0.2) is 9.38 Å². The van der Waals surface area contributed by atoms with E-state index in [2.05, 4.69) is 159 Å². The second-order valence-electron chi connectivity index (χ2n) is 14.9. The Bertz CT molecular complexity index is 2610. The highest BCUT2D eigenvalue weighted by atomic mass is 16.1. The summed E-state index contributed by atoms with van der Waals surface area (Å²) in [6.45, 7) is 0. The molecule has 11 nitrogen and oxygen atoms in total. The SMILES string of the molecule is CN(C)c1ccc2c(c1)-c1cc(N(C)C)ccc1C2Cc1nc2n3c(cc(=O)cc3n1)NC(n1c3ccc(N(C)C)cc3c3cc(N(C)C)ccc31)=N2. The Morgan fingerprint density at radius 1 is 0.623 bits per heavy atom. The van der Waals surface area contributed by atoms with Crippen LogP contribution < -0.4 is 30.3 Å². The van der Waals surface area contributed by atoms with Gasteiger partial charge in [0.05, 0.1) is 11.0 Å². The average Bonchev–Trinajstić information content (AvgIpc) is 3.62. The second-order valence-corrected chi connectivity index (χ2v) is 14.9. The van der Waals surface area contributed by atoms with Crippen molar-refractivity contribution in [3.05, 3.63) is 112 Å². The molecule has 0 atom stereocenters. The van der Waals surface area contributed by atoms with Gasteiger partial charge in [0.2, 0.25) is 11.9 Å². The second kappa shape index (κ2) is 11.8. The van der Waals surface area contributed by atoms with Gasteiger partial charge >= 0.3 is 0 Å². The molecule has 4 heterocycles. The molecule has 266 valence electrons. The van der Waals surface area contributed by atoms with Crippen LogP contribution >= 0.6 is 0 Å². The average molecular weight is 703 g/mol. The molecule has 1 N–H and O–H groups in total. The molecule has 53 heavy (non-hydrogen) atoms. The summed E-state index contributed by atoms with van der Waals surface area (Å²) in [6, 6.07) is 29.5. The summed E-state index contributed by atoms with van der Waals surface area (Å²) in [5, 5.41) is 5.70. The monoisotopic (exact) mass is 702 g/mol. The van der Waals surface area contributed by atoms with Crippen molar-refractivity contribution in [1.82, 2.24) is 18.9 Å². The molecule has 4 aromatic carbocycles. The highest BCUT2D eigenvalue weighted by Crippen LogP contribution is 2.48. The van der Waals surface area contributed by atoms with Crippen molar-refractivity contribution in [3.63, 3.8) is 0 Å². The summed E-state index contributed by atoms with van der Waals surface area (Å²) in [5.74, 6) is 2.29. The Morgan fingerprint density at radius 3 is 1.66 bits per heavy atom. The Kier molecular flexibility index (Phi) is 7.27. The number of nitrogens with zero attached hydrogens (tertiary/aromatic N) is 9. The van der Waals surface area contributed by atoms with Gasteiger partial charge in [0.15, 0.2) is 5.43 Å². The number of hydrogen-bond acceptors (Lipinski definition) is 9. The summed E-state index contributed by atoms with van der Waals surface area (Å²) in [4.78, 5) is 37.0. The zero-order valence-electron chi connectivity index (χ0n) is 31.3. The van der Waals surface area contributed by atoms with E-state index in [1.807, 2.05) is 4.40 Å². The predicted molar refractivity (Wildman–Crippen MR) is 220 cm³/mol. The maximum Gasteiger partial charge on any atom is 0.242 e. The topological polar surface area (TPSA) is 89.5 Å². The third-order valence-corrected chi connectivity index (χ3v) is 10.6. The zero-order chi connectivity index (χ0) is 36.9. The van der Waals surface area contributed by atoms with Gasteiger partial charge in [0, 0.05) is 114 Å². The Morgan fingerprint density at radius 2 is 1.13 bits per heavy atom. The molecule has 0 saturated heterocycles. The lowest BCUT2D eigenvalue weighted by atomic mass is 9.93. The number of nitrogens with one attached hydrogen (secondary N) is 1. The maximum absolute atomic E-state index is 13.2. The highest BCUT2D eigenvalue weighted by molar-refractivity contribution is 6.17. The van der Waals surface area contributed by atoms with Crippen LogP contribution in [0.25, 0.3) is 38.6 Å². The molecule has 2 aliphatic rings. The van der Waals surface area contributed by atoms with Crippen LogP contribution in [-0.2, 0) is 6.42 Å². The van der Waals surface area contributed by atoms with Crippen molar-refractivity contribution in [2.75, 3.05) is 81.3 Å². The molecule has 0 radical (unpaired) electrons. The lowest BCUT2D eigenvalue weighted by Crippen LogP contribution is -2.28. The van der Waals surface area contributed by atoms with E-state index in [1.54, 1.807) is 12.1 Å². The first kappa shape index (κ1) is 32.5. The minimum absolute atomic E-state index is 0.0382. The van der Waals surface area contributed by atoms with Gasteiger partial charge in [-0.05, 0) is 82.9 Å². The number of benzene rings is 4. The Labute approximate surface area is 308 Å². The van der Waals surface area contributed by atoms with Crippen molar-refractivity contribution in [2.45, 2.75) is 12.3 Å². The van der Waals surface area contributed by atoms with E-state index in [1.165, 1.54) is 22.3 Å². The molecule has 1 aliphatic carbocycles. The Hall–Kier alpha value is -6.36. The van der Waals surface area contributed by atoms with E-state index in [-0.39, 0.29) is 11.3 Å². The molecule has 11 heteroatoms. The summed E-state index contributed by atoms with van der Waals surface area (Å²) >= 11 is 0. The lowest BCUT2D eigenvalue weighted by Gasteiger charge is -2.22. The maximum atomic E-state index is 13.2. The van der Waals surface area contributed by atoms with Crippen LogP contribution in [0.2, 0.25) is 0 Å². The molecule has 3 aromatic heterocycles. The van der Waals surface area contributed by atoms with Crippen LogP contribution in [0.4, 0.5) is 34.5 Å². The summed E-state index contributed by atoms with van der Waals surface area (Å²) in [6.07, 6.45) is 0.554. The van der Waals surface area contributed by atoms with Crippen LogP contribution in [0.1, 0.15) is 22.9 Å². The zero-order valence-corrected chi connectivity index (χ0v) is 31.3. The number of fused-ring (bicyclic) bond motifs is 6. The Balaban J connectivity index is 1.21. The quantitative estimate of drug-likeness (QED) is 0.203. The van der Waals surface area contributed by atoms with E-state index in [0.29, 0.717) is 35.6 Å². The fourth-order valence-electron chi connectivity index (χ4n) is 7.85. The van der Waals surface area contributed by atoms with Gasteiger partial charge in [-0.15, -0.1) is 0 Å². The highest BCUT2D eigenvalue weighted by Gasteiger charge is 2.31. The van der Waals surface area contributed by atoms with E-state index in [4.69, 9.17) is 15.0 Å². The molecular weight excluding hydrogens is 661 g/mol. The first-order chi connectivity index (χ1) is 25.4. The van der Waals surface area contributed by atoms with E-state index in [9.17, 15) is 4.79 Å². The number of anilines is 5. The molecule has 0 saturated carbocycles. The molecule has 0 unspecified atom stereocenters. The van der Waals surface area contributed by atoms with Gasteiger partial charge in [0.25, 0.3) is 0 Å². The number of hydrogen-bond donors (Lipinski definition) is 1. The fraction of sp³-hybridized carbons (Fsp3) is 0.238. The number of aromatic nitrogens is 4. The summed E-state index contributed by atoms with van der Waals surface area (Å²) in [5.41, 5.74) is 11.8. The first-order valence-corrected chi connectivity index (χ1v) is 17.8. The third kappa shape index (κ3) is 5.17. The largest absolute Gasteiger partial charge is 0.378 e. The molecule has 9 rings (SSSR count). The van der Waals surface area contributed by atoms with E-state index < -0.39 is 0 Å². The minimum Gasteiger partial charge on any atom is -0.378 e. The molecule has 1 aliphatic heterocycles. The summed E-state index contributed by atoms with van der Waals surface area (Å²) < 4.78 is 3.96. The third-order valence-electron chi connectivity index (χ3n) is 10.6. The van der Waals surface area contributed by atoms with Crippen molar-refractivity contribution in [1.29, 1.82) is 0 Å². The van der Waals surface area contributed by atoms with Crippen molar-refractivity contribution >= 4 is 67.9 Å². The standard InChI is InChI=1S/C42H42N10O/c1-47(2)24-9-13-29-31(17-24)32-18-25(48(3)4)10-14-30(32)33(29)23-38-43-39-21-28(53)22-40-45-42(46-41(44-38)52(39)40)51-36-15-11-26(49(5)6)19-34(36)35-20-27(50(7)8)12-16-37(35)51/h9-22,33H,23H2,1-8H3,(H,43,44,45,46).